The molecule has 0 spiro atoms. The van der Waals surface area contributed by atoms with E-state index in [1.807, 2.05) is 30.5 Å². The van der Waals surface area contributed by atoms with Gasteiger partial charge in [0.25, 0.3) is 0 Å². The van der Waals surface area contributed by atoms with Crippen LogP contribution in [0.1, 0.15) is 25.3 Å². The van der Waals surface area contributed by atoms with Crippen molar-refractivity contribution < 1.29 is 9.53 Å². The van der Waals surface area contributed by atoms with E-state index in [2.05, 4.69) is 27.5 Å². The number of hydrogen-bond acceptors (Lipinski definition) is 6. The molecule has 0 aromatic heterocycles. The first kappa shape index (κ1) is 19.5. The number of benzene rings is 1. The number of ether oxygens (including phenoxy) is 1. The number of rotatable bonds is 6. The van der Waals surface area contributed by atoms with E-state index >= 15 is 0 Å². The van der Waals surface area contributed by atoms with Crippen LogP contribution >= 0.6 is 11.8 Å². The molecule has 1 fully saturated rings. The van der Waals surface area contributed by atoms with E-state index in [-0.39, 0.29) is 5.91 Å². The SMILES string of the molecule is C=C(NCC1CCOCC1)SC1=NC=C(c2cccc(NC(C)=O)c2)NC1. The Morgan fingerprint density at radius 2 is 2.22 bits per heavy atom. The summed E-state index contributed by atoms with van der Waals surface area (Å²) in [5.74, 6) is 0.575. The minimum absolute atomic E-state index is 0.0822. The van der Waals surface area contributed by atoms with Crippen LogP contribution in [0.3, 0.4) is 0 Å². The van der Waals surface area contributed by atoms with Crippen molar-refractivity contribution in [1.29, 1.82) is 0 Å². The number of carbonyl (C=O) groups excluding carboxylic acids is 1. The Balaban J connectivity index is 1.52. The molecule has 27 heavy (non-hydrogen) atoms. The summed E-state index contributed by atoms with van der Waals surface area (Å²) >= 11 is 1.57. The summed E-state index contributed by atoms with van der Waals surface area (Å²) in [7, 11) is 0. The van der Waals surface area contributed by atoms with E-state index in [0.717, 1.165) is 59.6 Å². The quantitative estimate of drug-likeness (QED) is 0.700. The van der Waals surface area contributed by atoms with Crippen molar-refractivity contribution in [3.05, 3.63) is 47.6 Å². The van der Waals surface area contributed by atoms with Gasteiger partial charge in [-0.2, -0.15) is 0 Å². The summed E-state index contributed by atoms with van der Waals surface area (Å²) in [6, 6.07) is 7.71. The number of hydrogen-bond donors (Lipinski definition) is 3. The van der Waals surface area contributed by atoms with E-state index in [1.165, 1.54) is 6.92 Å². The molecule has 1 saturated heterocycles. The maximum atomic E-state index is 11.2. The second-order valence-electron chi connectivity index (χ2n) is 6.64. The number of carbonyl (C=O) groups is 1. The third kappa shape index (κ3) is 6.15. The predicted molar refractivity (Wildman–Crippen MR) is 112 cm³/mol. The van der Waals surface area contributed by atoms with E-state index < -0.39 is 0 Å². The van der Waals surface area contributed by atoms with Crippen molar-refractivity contribution in [2.24, 2.45) is 10.9 Å². The molecule has 1 aromatic carbocycles. The lowest BCUT2D eigenvalue weighted by molar-refractivity contribution is -0.114. The monoisotopic (exact) mass is 386 g/mol. The van der Waals surface area contributed by atoms with Crippen LogP contribution < -0.4 is 16.0 Å². The summed E-state index contributed by atoms with van der Waals surface area (Å²) < 4.78 is 5.39. The molecule has 0 atom stereocenters. The maximum absolute atomic E-state index is 11.2. The van der Waals surface area contributed by atoms with Crippen LogP contribution in [-0.4, -0.2) is 37.3 Å². The molecular formula is C20H26N4O2S. The fourth-order valence-corrected chi connectivity index (χ4v) is 3.68. The van der Waals surface area contributed by atoms with Crippen LogP contribution in [0.25, 0.3) is 5.70 Å². The Labute approximate surface area is 164 Å². The zero-order valence-electron chi connectivity index (χ0n) is 15.6. The van der Waals surface area contributed by atoms with E-state index in [1.54, 1.807) is 11.8 Å². The third-order valence-corrected chi connectivity index (χ3v) is 5.31. The van der Waals surface area contributed by atoms with Gasteiger partial charge in [0.05, 0.1) is 28.5 Å². The molecule has 2 heterocycles. The lowest BCUT2D eigenvalue weighted by Crippen LogP contribution is -2.28. The molecule has 6 nitrogen and oxygen atoms in total. The zero-order valence-corrected chi connectivity index (χ0v) is 16.4. The molecule has 0 unspecified atom stereocenters. The smallest absolute Gasteiger partial charge is 0.221 e. The Hall–Kier alpha value is -2.25. The van der Waals surface area contributed by atoms with Crippen LogP contribution in [0.4, 0.5) is 5.69 Å². The zero-order chi connectivity index (χ0) is 19.1. The molecule has 0 saturated carbocycles. The van der Waals surface area contributed by atoms with Gasteiger partial charge in [0.1, 0.15) is 0 Å². The highest BCUT2D eigenvalue weighted by molar-refractivity contribution is 8.17. The number of nitrogens with one attached hydrogen (secondary N) is 3. The van der Waals surface area contributed by atoms with Gasteiger partial charge in [-0.1, -0.05) is 30.5 Å². The van der Waals surface area contributed by atoms with Crippen LogP contribution in [0.5, 0.6) is 0 Å². The van der Waals surface area contributed by atoms with Gasteiger partial charge in [-0.25, -0.2) is 4.99 Å². The van der Waals surface area contributed by atoms with Crippen molar-refractivity contribution in [1.82, 2.24) is 10.6 Å². The topological polar surface area (TPSA) is 74.8 Å². The second kappa shape index (κ2) is 9.62. The van der Waals surface area contributed by atoms with Crippen LogP contribution in [0, 0.1) is 5.92 Å². The number of aliphatic imine (C=N–C) groups is 1. The van der Waals surface area contributed by atoms with Gasteiger partial charge in [-0.3, -0.25) is 4.79 Å². The molecule has 0 bridgehead atoms. The molecule has 0 radical (unpaired) electrons. The largest absolute Gasteiger partial charge is 0.381 e. The number of thioether (sulfide) groups is 1. The Kier molecular flexibility index (Phi) is 6.95. The van der Waals surface area contributed by atoms with E-state index in [0.29, 0.717) is 12.5 Å². The highest BCUT2D eigenvalue weighted by Crippen LogP contribution is 2.22. The van der Waals surface area contributed by atoms with Crippen LogP contribution in [0.15, 0.2) is 47.1 Å². The Bertz CT molecular complexity index is 754. The standard InChI is InChI=1S/C20H26N4O2S/c1-14(25)24-18-5-3-4-17(10-18)19-12-23-20(13-22-19)27-15(2)21-11-16-6-8-26-9-7-16/h3-5,10,12,16,21-22H,2,6-9,11,13H2,1H3,(H,24,25). The van der Waals surface area contributed by atoms with Crippen molar-refractivity contribution >= 4 is 34.1 Å². The molecule has 1 aromatic rings. The second-order valence-corrected chi connectivity index (χ2v) is 7.81. The molecular weight excluding hydrogens is 360 g/mol. The van der Waals surface area contributed by atoms with Gasteiger partial charge >= 0.3 is 0 Å². The summed E-state index contributed by atoms with van der Waals surface area (Å²) in [6.07, 6.45) is 4.04. The third-order valence-electron chi connectivity index (χ3n) is 4.43. The lowest BCUT2D eigenvalue weighted by Gasteiger charge is -2.23. The molecule has 144 valence electrons. The minimum atomic E-state index is -0.0822. The fraction of sp³-hybridized carbons (Fsp3) is 0.400. The summed E-state index contributed by atoms with van der Waals surface area (Å²) in [4.78, 5) is 15.8. The molecule has 2 aliphatic rings. The highest BCUT2D eigenvalue weighted by Gasteiger charge is 2.15. The average Bonchev–Trinajstić information content (AvgIpc) is 2.67. The van der Waals surface area contributed by atoms with Gasteiger partial charge in [0.2, 0.25) is 5.91 Å². The van der Waals surface area contributed by atoms with Crippen molar-refractivity contribution in [2.75, 3.05) is 31.6 Å². The number of anilines is 1. The van der Waals surface area contributed by atoms with Gasteiger partial charge < -0.3 is 20.7 Å². The number of amides is 1. The lowest BCUT2D eigenvalue weighted by atomic mass is 10.0. The highest BCUT2D eigenvalue weighted by atomic mass is 32.2. The van der Waals surface area contributed by atoms with E-state index in [4.69, 9.17) is 4.74 Å². The number of nitrogens with zero attached hydrogens (tertiary/aromatic N) is 1. The molecule has 3 rings (SSSR count). The minimum Gasteiger partial charge on any atom is -0.381 e. The van der Waals surface area contributed by atoms with Crippen molar-refractivity contribution in [2.45, 2.75) is 19.8 Å². The molecule has 0 aliphatic carbocycles. The van der Waals surface area contributed by atoms with Crippen LogP contribution in [0.2, 0.25) is 0 Å². The first-order valence-electron chi connectivity index (χ1n) is 9.17. The average molecular weight is 387 g/mol. The van der Waals surface area contributed by atoms with Gasteiger partial charge in [0, 0.05) is 37.9 Å². The Morgan fingerprint density at radius 3 is 2.93 bits per heavy atom. The van der Waals surface area contributed by atoms with Gasteiger partial charge in [-0.05, 0) is 30.9 Å². The van der Waals surface area contributed by atoms with Gasteiger partial charge in [-0.15, -0.1) is 0 Å². The molecule has 7 heteroatoms. The normalized spacial score (nSPS) is 17.4. The predicted octanol–water partition coefficient (Wildman–Crippen LogP) is 3.17. The molecule has 3 N–H and O–H groups in total. The maximum Gasteiger partial charge on any atom is 0.221 e. The van der Waals surface area contributed by atoms with Crippen LogP contribution in [-0.2, 0) is 9.53 Å². The molecule has 2 aliphatic heterocycles. The Morgan fingerprint density at radius 1 is 1.41 bits per heavy atom. The van der Waals surface area contributed by atoms with Crippen molar-refractivity contribution in [3.8, 4) is 0 Å². The summed E-state index contributed by atoms with van der Waals surface area (Å²) in [5, 5.41) is 11.5. The molecule has 1 amide bonds. The van der Waals surface area contributed by atoms with Crippen molar-refractivity contribution in [3.63, 3.8) is 0 Å². The van der Waals surface area contributed by atoms with E-state index in [9.17, 15) is 4.79 Å². The fourth-order valence-electron chi connectivity index (χ4n) is 2.99. The summed E-state index contributed by atoms with van der Waals surface area (Å²) in [5.41, 5.74) is 2.70. The first-order valence-corrected chi connectivity index (χ1v) is 9.99. The van der Waals surface area contributed by atoms with Gasteiger partial charge in [0.15, 0.2) is 0 Å². The first-order chi connectivity index (χ1) is 13.1. The summed E-state index contributed by atoms with van der Waals surface area (Å²) in [6.45, 7) is 8.91.